The summed E-state index contributed by atoms with van der Waals surface area (Å²) in [6.45, 7) is 4.18. The molecule has 2 aliphatic carbocycles. The zero-order valence-corrected chi connectivity index (χ0v) is 35.1. The zero-order chi connectivity index (χ0) is 43.9. The van der Waals surface area contributed by atoms with Gasteiger partial charge in [-0.2, -0.15) is 5.10 Å². The fraction of sp³-hybridized carbons (Fsp3) is 0.561. The number of halogens is 3. The number of sulfonamides is 1. The average Bonchev–Trinajstić information content (AvgIpc) is 3.98. The molecule has 0 bridgehead atoms. The minimum atomic E-state index is -4.07. The molecule has 3 N–H and O–H groups in total. The highest BCUT2D eigenvalue weighted by Gasteiger charge is 2.63. The van der Waals surface area contributed by atoms with Crippen molar-refractivity contribution in [1.29, 1.82) is 0 Å². The number of methoxy groups -OCH3 is 1. The van der Waals surface area contributed by atoms with Gasteiger partial charge < -0.3 is 29.7 Å². The van der Waals surface area contributed by atoms with Crippen molar-refractivity contribution in [2.45, 2.75) is 126 Å². The van der Waals surface area contributed by atoms with Crippen molar-refractivity contribution in [2.24, 2.45) is 5.92 Å². The molecule has 61 heavy (non-hydrogen) atoms. The molecular formula is C41H50F3N7O9S. The van der Waals surface area contributed by atoms with Gasteiger partial charge in [-0.25, -0.2) is 26.6 Å². The molecule has 4 aliphatic rings. The molecule has 0 spiro atoms. The van der Waals surface area contributed by atoms with Crippen molar-refractivity contribution in [1.82, 2.24) is 35.0 Å². The lowest BCUT2D eigenvalue weighted by atomic mass is 10.0. The fourth-order valence-corrected chi connectivity index (χ4v) is 9.18. The minimum absolute atomic E-state index is 0.0950. The first-order chi connectivity index (χ1) is 28.9. The third-order valence-corrected chi connectivity index (χ3v) is 13.8. The fourth-order valence-electron chi connectivity index (χ4n) is 7.87. The van der Waals surface area contributed by atoms with Gasteiger partial charge in [-0.05, 0) is 77.5 Å². The van der Waals surface area contributed by atoms with Crippen LogP contribution >= 0.6 is 0 Å². The van der Waals surface area contributed by atoms with E-state index in [4.69, 9.17) is 14.2 Å². The summed E-state index contributed by atoms with van der Waals surface area (Å²) in [5, 5.41) is 9.82. The third kappa shape index (κ3) is 9.28. The molecule has 330 valence electrons. The summed E-state index contributed by atoms with van der Waals surface area (Å²) < 4.78 is 87.2. The lowest BCUT2D eigenvalue weighted by molar-refractivity contribution is -0.141. The van der Waals surface area contributed by atoms with Crippen molar-refractivity contribution in [3.8, 4) is 17.4 Å². The average molecular weight is 874 g/mol. The van der Waals surface area contributed by atoms with E-state index in [0.29, 0.717) is 43.9 Å². The van der Waals surface area contributed by atoms with E-state index >= 15 is 0 Å². The van der Waals surface area contributed by atoms with Crippen LogP contribution in [-0.2, 0) is 31.0 Å². The first-order valence-electron chi connectivity index (χ1n) is 20.4. The van der Waals surface area contributed by atoms with E-state index < -0.39 is 86.8 Å². The molecule has 5 atom stereocenters. The van der Waals surface area contributed by atoms with Crippen LogP contribution in [0.3, 0.4) is 0 Å². The molecule has 1 aromatic carbocycles. The number of amides is 4. The molecular weight excluding hydrogens is 824 g/mol. The molecule has 2 saturated carbocycles. The second-order valence-electron chi connectivity index (χ2n) is 16.6. The van der Waals surface area contributed by atoms with Crippen LogP contribution in [0, 0.1) is 11.7 Å². The van der Waals surface area contributed by atoms with Crippen LogP contribution in [0.25, 0.3) is 10.9 Å². The third-order valence-electron chi connectivity index (χ3n) is 11.7. The second-order valence-corrected chi connectivity index (χ2v) is 18.8. The highest BCUT2D eigenvalue weighted by atomic mass is 32.2. The quantitative estimate of drug-likeness (QED) is 0.221. The number of carbonyl (C=O) groups is 4. The standard InChI is InChI=1S/C41H50F3N7O9S/c1-23(2)59-33-19-31(26-12-13-27(42)35(58-4)34(26)46-33)60-25-18-30-37(53)47-41(39(55)49-61(56,57)40(3)15-16-40)20-24(41)10-8-6-5-7-9-11-29(38(54)51(30)21-25)45-36(52)28-14-17-50(48-28)22-32(43)44/h8,10,12-14,17,19,23-25,29-30,32H,5-7,9,11,15-16,18,20-22H2,1-4H3,(H,45,52)(H,47,53)(H,49,55)/t24-,25-,29+,30+,41-/m1/s1. The number of nitrogens with zero attached hydrogens (tertiary/aromatic N) is 4. The van der Waals surface area contributed by atoms with Gasteiger partial charge in [0.2, 0.25) is 27.7 Å². The van der Waals surface area contributed by atoms with Crippen molar-refractivity contribution in [3.63, 3.8) is 0 Å². The Labute approximate surface area is 351 Å². The van der Waals surface area contributed by atoms with Crippen molar-refractivity contribution >= 4 is 44.6 Å². The summed E-state index contributed by atoms with van der Waals surface area (Å²) >= 11 is 0. The molecule has 1 saturated heterocycles. The highest BCUT2D eigenvalue weighted by Crippen LogP contribution is 2.48. The van der Waals surface area contributed by atoms with Crippen molar-refractivity contribution in [2.75, 3.05) is 13.7 Å². The summed E-state index contributed by atoms with van der Waals surface area (Å²) in [6.07, 6.45) is 4.31. The van der Waals surface area contributed by atoms with Gasteiger partial charge in [0.1, 0.15) is 47.2 Å². The van der Waals surface area contributed by atoms with E-state index in [-0.39, 0.29) is 60.5 Å². The molecule has 2 aliphatic heterocycles. The van der Waals surface area contributed by atoms with E-state index in [1.165, 1.54) is 42.5 Å². The molecule has 20 heteroatoms. The topological polar surface area (TPSA) is 200 Å². The molecule has 3 aromatic rings. The molecule has 2 aromatic heterocycles. The minimum Gasteiger partial charge on any atom is -0.491 e. The lowest BCUT2D eigenvalue weighted by Crippen LogP contribution is -2.58. The first-order valence-corrected chi connectivity index (χ1v) is 21.9. The Kier molecular flexibility index (Phi) is 12.3. The van der Waals surface area contributed by atoms with Crippen LogP contribution < -0.4 is 29.6 Å². The van der Waals surface area contributed by atoms with Gasteiger partial charge in [0.15, 0.2) is 11.6 Å². The molecule has 4 amide bonds. The number of allylic oxidation sites excluding steroid dienone is 1. The molecule has 0 unspecified atom stereocenters. The Hall–Kier alpha value is -5.40. The lowest BCUT2D eigenvalue weighted by Gasteiger charge is -2.30. The summed E-state index contributed by atoms with van der Waals surface area (Å²) in [7, 11) is -2.78. The van der Waals surface area contributed by atoms with Crippen molar-refractivity contribution in [3.05, 3.63) is 54.1 Å². The van der Waals surface area contributed by atoms with Gasteiger partial charge >= 0.3 is 0 Å². The van der Waals surface area contributed by atoms with E-state index in [0.717, 1.165) is 4.68 Å². The summed E-state index contributed by atoms with van der Waals surface area (Å²) in [5.41, 5.74) is -1.72. The normalized spacial score (nSPS) is 25.2. The predicted molar refractivity (Wildman–Crippen MR) is 214 cm³/mol. The number of rotatable bonds is 12. The number of pyridine rings is 1. The SMILES string of the molecule is COc1c(F)ccc2c(O[C@@H]3C[C@H]4C(=O)N[C@]5(C(=O)NS(=O)(=O)C6(C)CC6)C[C@H]5C=CCCCCC[C@H](NC(=O)c5ccn(CC(F)F)n5)C(=O)N4C3)cc(OC(C)C)nc12. The molecule has 16 nitrogen and oxygen atoms in total. The monoisotopic (exact) mass is 873 g/mol. The van der Waals surface area contributed by atoms with Gasteiger partial charge in [0.25, 0.3) is 18.2 Å². The zero-order valence-electron chi connectivity index (χ0n) is 34.3. The van der Waals surface area contributed by atoms with Gasteiger partial charge in [0.05, 0.1) is 24.5 Å². The van der Waals surface area contributed by atoms with Gasteiger partial charge in [0, 0.05) is 30.0 Å². The number of hydrogen-bond acceptors (Lipinski definition) is 11. The maximum absolute atomic E-state index is 14.9. The highest BCUT2D eigenvalue weighted by molar-refractivity contribution is 7.91. The Balaban J connectivity index is 1.23. The number of nitrogens with one attached hydrogen (secondary N) is 3. The molecule has 4 heterocycles. The van der Waals surface area contributed by atoms with Crippen LogP contribution in [-0.4, -0.2) is 106 Å². The maximum Gasteiger partial charge on any atom is 0.272 e. The smallest absolute Gasteiger partial charge is 0.272 e. The van der Waals surface area contributed by atoms with Gasteiger partial charge in [-0.3, -0.25) is 28.6 Å². The predicted octanol–water partition coefficient (Wildman–Crippen LogP) is 4.17. The second kappa shape index (κ2) is 17.2. The first kappa shape index (κ1) is 43.7. The summed E-state index contributed by atoms with van der Waals surface area (Å²) in [6, 6.07) is 2.93. The number of carbonyl (C=O) groups excluding carboxylic acids is 4. The molecule has 0 radical (unpaired) electrons. The van der Waals surface area contributed by atoms with Crippen LogP contribution in [0.15, 0.2) is 42.6 Å². The number of alkyl halides is 2. The Bertz CT molecular complexity index is 2340. The molecule has 3 fully saturated rings. The molecule has 7 rings (SSSR count). The Morgan fingerprint density at radius 1 is 1.11 bits per heavy atom. The van der Waals surface area contributed by atoms with Crippen LogP contribution in [0.5, 0.6) is 17.4 Å². The van der Waals surface area contributed by atoms with E-state index in [2.05, 4.69) is 25.4 Å². The number of hydrogen-bond donors (Lipinski definition) is 3. The van der Waals surface area contributed by atoms with Gasteiger partial charge in [-0.1, -0.05) is 25.0 Å². The Morgan fingerprint density at radius 3 is 2.59 bits per heavy atom. The Morgan fingerprint density at radius 2 is 1.89 bits per heavy atom. The summed E-state index contributed by atoms with van der Waals surface area (Å²) in [4.78, 5) is 62.5. The van der Waals surface area contributed by atoms with Gasteiger partial charge in [-0.15, -0.1) is 0 Å². The van der Waals surface area contributed by atoms with E-state index in [1.807, 2.05) is 6.08 Å². The van der Waals surface area contributed by atoms with Crippen molar-refractivity contribution < 1.29 is 55.0 Å². The summed E-state index contributed by atoms with van der Waals surface area (Å²) in [5.74, 6) is -4.15. The van der Waals surface area contributed by atoms with E-state index in [9.17, 15) is 40.8 Å². The maximum atomic E-state index is 14.9. The van der Waals surface area contributed by atoms with Crippen LogP contribution in [0.1, 0.15) is 89.0 Å². The largest absolute Gasteiger partial charge is 0.491 e. The van der Waals surface area contributed by atoms with Crippen LogP contribution in [0.4, 0.5) is 13.2 Å². The van der Waals surface area contributed by atoms with Crippen LogP contribution in [0.2, 0.25) is 0 Å². The number of ether oxygens (including phenoxy) is 3. The number of benzene rings is 1. The number of aromatic nitrogens is 3. The van der Waals surface area contributed by atoms with E-state index in [1.54, 1.807) is 26.8 Å². The number of fused-ring (bicyclic) bond motifs is 3.